The molecule has 0 spiro atoms. The van der Waals surface area contributed by atoms with E-state index in [-0.39, 0.29) is 11.7 Å². The standard InChI is InChI=1S/C15H10BrCl2FN2/c1-8-4-10(16)11(19)6-14(8)21-13-3-2-9(18)5-12(13)20-15(21)7-17/h2-6H,7H2,1H3. The maximum atomic E-state index is 13.9. The van der Waals surface area contributed by atoms with Crippen LogP contribution in [0.4, 0.5) is 4.39 Å². The molecule has 0 aliphatic heterocycles. The van der Waals surface area contributed by atoms with Crippen LogP contribution in [0.5, 0.6) is 0 Å². The number of benzene rings is 2. The molecule has 1 aromatic heterocycles. The summed E-state index contributed by atoms with van der Waals surface area (Å²) in [6.07, 6.45) is 0. The third kappa shape index (κ3) is 2.56. The van der Waals surface area contributed by atoms with Crippen LogP contribution >= 0.6 is 39.1 Å². The highest BCUT2D eigenvalue weighted by molar-refractivity contribution is 9.10. The Morgan fingerprint density at radius 1 is 1.29 bits per heavy atom. The number of aromatic nitrogens is 2. The summed E-state index contributed by atoms with van der Waals surface area (Å²) in [6.45, 7) is 1.92. The van der Waals surface area contributed by atoms with Crippen LogP contribution in [0, 0.1) is 12.7 Å². The van der Waals surface area contributed by atoms with Gasteiger partial charge in [0.15, 0.2) is 0 Å². The van der Waals surface area contributed by atoms with Gasteiger partial charge in [-0.05, 0) is 58.7 Å². The molecule has 2 nitrogen and oxygen atoms in total. The lowest BCUT2D eigenvalue weighted by Crippen LogP contribution is -2.02. The average molecular weight is 388 g/mol. The molecular weight excluding hydrogens is 378 g/mol. The molecule has 0 amide bonds. The van der Waals surface area contributed by atoms with E-state index in [1.807, 2.05) is 17.6 Å². The van der Waals surface area contributed by atoms with E-state index in [2.05, 4.69) is 20.9 Å². The Morgan fingerprint density at radius 2 is 2.05 bits per heavy atom. The van der Waals surface area contributed by atoms with Gasteiger partial charge in [-0.3, -0.25) is 4.57 Å². The number of aryl methyl sites for hydroxylation is 1. The van der Waals surface area contributed by atoms with Gasteiger partial charge in [0.25, 0.3) is 0 Å². The highest BCUT2D eigenvalue weighted by Crippen LogP contribution is 2.29. The molecule has 0 radical (unpaired) electrons. The smallest absolute Gasteiger partial charge is 0.139 e. The Hall–Kier alpha value is -1.10. The van der Waals surface area contributed by atoms with Crippen molar-refractivity contribution in [2.75, 3.05) is 0 Å². The molecule has 2 aromatic carbocycles. The van der Waals surface area contributed by atoms with Gasteiger partial charge in [-0.2, -0.15) is 0 Å². The largest absolute Gasteiger partial charge is 0.295 e. The minimum Gasteiger partial charge on any atom is -0.295 e. The fourth-order valence-corrected chi connectivity index (χ4v) is 3.14. The van der Waals surface area contributed by atoms with Crippen molar-refractivity contribution in [2.24, 2.45) is 0 Å². The minimum absolute atomic E-state index is 0.226. The van der Waals surface area contributed by atoms with Gasteiger partial charge in [-0.25, -0.2) is 9.37 Å². The lowest BCUT2D eigenvalue weighted by atomic mass is 10.2. The van der Waals surface area contributed by atoms with E-state index in [1.165, 1.54) is 6.07 Å². The second kappa shape index (κ2) is 5.59. The number of hydrogen-bond acceptors (Lipinski definition) is 1. The quantitative estimate of drug-likeness (QED) is 0.521. The molecule has 21 heavy (non-hydrogen) atoms. The van der Waals surface area contributed by atoms with Crippen molar-refractivity contribution in [3.8, 4) is 5.69 Å². The van der Waals surface area contributed by atoms with E-state index >= 15 is 0 Å². The topological polar surface area (TPSA) is 17.8 Å². The van der Waals surface area contributed by atoms with Gasteiger partial charge in [-0.15, -0.1) is 11.6 Å². The Kier molecular flexibility index (Phi) is 3.95. The first-order chi connectivity index (χ1) is 10.0. The van der Waals surface area contributed by atoms with Gasteiger partial charge in [0.2, 0.25) is 0 Å². The predicted molar refractivity (Wildman–Crippen MR) is 88.0 cm³/mol. The number of rotatable bonds is 2. The minimum atomic E-state index is -0.327. The summed E-state index contributed by atoms with van der Waals surface area (Å²) < 4.78 is 16.2. The van der Waals surface area contributed by atoms with Crippen LogP contribution in [-0.4, -0.2) is 9.55 Å². The lowest BCUT2D eigenvalue weighted by Gasteiger charge is -2.12. The number of fused-ring (bicyclic) bond motifs is 1. The van der Waals surface area contributed by atoms with E-state index < -0.39 is 0 Å². The maximum Gasteiger partial charge on any atom is 0.139 e. The predicted octanol–water partition coefficient (Wildman–Crippen LogP) is 5.63. The summed E-state index contributed by atoms with van der Waals surface area (Å²) in [5.41, 5.74) is 3.22. The normalized spacial score (nSPS) is 11.3. The van der Waals surface area contributed by atoms with E-state index in [1.54, 1.807) is 18.2 Å². The van der Waals surface area contributed by atoms with Crippen LogP contribution in [-0.2, 0) is 5.88 Å². The summed E-state index contributed by atoms with van der Waals surface area (Å²) in [5, 5.41) is 0.604. The zero-order valence-electron chi connectivity index (χ0n) is 11.0. The highest BCUT2D eigenvalue weighted by Gasteiger charge is 2.15. The van der Waals surface area contributed by atoms with Crippen molar-refractivity contribution in [2.45, 2.75) is 12.8 Å². The highest BCUT2D eigenvalue weighted by atomic mass is 79.9. The van der Waals surface area contributed by atoms with Gasteiger partial charge in [-0.1, -0.05) is 11.6 Å². The molecule has 0 saturated carbocycles. The molecular formula is C15H10BrCl2FN2. The number of imidazole rings is 1. The van der Waals surface area contributed by atoms with E-state index in [0.717, 1.165) is 22.3 Å². The fraction of sp³-hybridized carbons (Fsp3) is 0.133. The lowest BCUT2D eigenvalue weighted by molar-refractivity contribution is 0.619. The SMILES string of the molecule is Cc1cc(Br)c(F)cc1-n1c(CCl)nc2cc(Cl)ccc21. The third-order valence-corrected chi connectivity index (χ3v) is 4.37. The third-order valence-electron chi connectivity index (χ3n) is 3.29. The monoisotopic (exact) mass is 386 g/mol. The van der Waals surface area contributed by atoms with Crippen LogP contribution < -0.4 is 0 Å². The number of alkyl halides is 1. The van der Waals surface area contributed by atoms with Crippen LogP contribution in [0.3, 0.4) is 0 Å². The zero-order chi connectivity index (χ0) is 15.1. The van der Waals surface area contributed by atoms with Crippen molar-refractivity contribution < 1.29 is 4.39 Å². The summed E-state index contributed by atoms with van der Waals surface area (Å²) in [4.78, 5) is 4.47. The molecule has 0 saturated heterocycles. The molecule has 3 rings (SSSR count). The van der Waals surface area contributed by atoms with Gasteiger partial charge >= 0.3 is 0 Å². The first kappa shape index (κ1) is 14.8. The summed E-state index contributed by atoms with van der Waals surface area (Å²) >= 11 is 15.2. The van der Waals surface area contributed by atoms with Crippen molar-refractivity contribution in [3.05, 3.63) is 57.0 Å². The molecule has 3 aromatic rings. The molecule has 0 aliphatic carbocycles. The van der Waals surface area contributed by atoms with E-state index in [0.29, 0.717) is 15.3 Å². The van der Waals surface area contributed by atoms with Crippen LogP contribution in [0.15, 0.2) is 34.8 Å². The molecule has 1 heterocycles. The van der Waals surface area contributed by atoms with Crippen molar-refractivity contribution in [1.29, 1.82) is 0 Å². The average Bonchev–Trinajstić information content (AvgIpc) is 2.80. The Labute approximate surface area is 139 Å². The second-order valence-electron chi connectivity index (χ2n) is 4.68. The van der Waals surface area contributed by atoms with Gasteiger partial charge < -0.3 is 0 Å². The zero-order valence-corrected chi connectivity index (χ0v) is 14.1. The summed E-state index contributed by atoms with van der Waals surface area (Å²) in [6, 6.07) is 8.63. The van der Waals surface area contributed by atoms with Gasteiger partial charge in [0.1, 0.15) is 11.6 Å². The molecule has 6 heteroatoms. The molecule has 0 N–H and O–H groups in total. The number of halogens is 4. The molecule has 0 atom stereocenters. The van der Waals surface area contributed by atoms with Crippen LogP contribution in [0.1, 0.15) is 11.4 Å². The molecule has 0 unspecified atom stereocenters. The van der Waals surface area contributed by atoms with Crippen molar-refractivity contribution in [1.82, 2.24) is 9.55 Å². The molecule has 0 aliphatic rings. The van der Waals surface area contributed by atoms with Gasteiger partial charge in [0, 0.05) is 5.02 Å². The Morgan fingerprint density at radius 3 is 2.76 bits per heavy atom. The number of nitrogens with zero attached hydrogens (tertiary/aromatic N) is 2. The summed E-state index contributed by atoms with van der Waals surface area (Å²) in [7, 11) is 0. The first-order valence-electron chi connectivity index (χ1n) is 6.20. The fourth-order valence-electron chi connectivity index (χ4n) is 2.34. The van der Waals surface area contributed by atoms with Gasteiger partial charge in [0.05, 0.1) is 27.1 Å². The molecule has 108 valence electrons. The molecule has 0 fully saturated rings. The summed E-state index contributed by atoms with van der Waals surface area (Å²) in [5.74, 6) is 0.550. The van der Waals surface area contributed by atoms with E-state index in [9.17, 15) is 4.39 Å². The molecule has 0 bridgehead atoms. The number of hydrogen-bond donors (Lipinski definition) is 0. The Bertz CT molecular complexity index is 845. The maximum absolute atomic E-state index is 13.9. The Balaban J connectivity index is 2.36. The first-order valence-corrected chi connectivity index (χ1v) is 7.90. The van der Waals surface area contributed by atoms with Crippen molar-refractivity contribution >= 4 is 50.2 Å². The van der Waals surface area contributed by atoms with Crippen LogP contribution in [0.2, 0.25) is 5.02 Å². The van der Waals surface area contributed by atoms with Crippen molar-refractivity contribution in [3.63, 3.8) is 0 Å². The second-order valence-corrected chi connectivity index (χ2v) is 6.24. The van der Waals surface area contributed by atoms with E-state index in [4.69, 9.17) is 23.2 Å². The van der Waals surface area contributed by atoms with Crippen LogP contribution in [0.25, 0.3) is 16.7 Å².